The van der Waals surface area contributed by atoms with Crippen molar-refractivity contribution in [3.63, 3.8) is 0 Å². The lowest BCUT2D eigenvalue weighted by Crippen LogP contribution is -2.73. The van der Waals surface area contributed by atoms with Crippen molar-refractivity contribution in [1.29, 1.82) is 0 Å². The number of ether oxygens (including phenoxy) is 11. The van der Waals surface area contributed by atoms with Crippen LogP contribution < -0.4 is 4.74 Å². The van der Waals surface area contributed by atoms with Crippen molar-refractivity contribution in [2.24, 2.45) is 0 Å². The van der Waals surface area contributed by atoms with Gasteiger partial charge in [-0.15, -0.1) is 0 Å². The number of aliphatic hydroxyl groups is 1. The third-order valence-corrected chi connectivity index (χ3v) is 15.0. The summed E-state index contributed by atoms with van der Waals surface area (Å²) in [4.78, 5) is 33.7. The zero-order valence-corrected chi connectivity index (χ0v) is 51.4. The van der Waals surface area contributed by atoms with Gasteiger partial charge < -0.3 is 57.2 Å². The van der Waals surface area contributed by atoms with E-state index in [9.17, 15) is 5.11 Å². The summed E-state index contributed by atoms with van der Waals surface area (Å²) in [6.07, 6.45) is -11.2. The van der Waals surface area contributed by atoms with E-state index in [0.717, 1.165) is 38.9 Å². The molecule has 466 valence electrons. The van der Waals surface area contributed by atoms with Crippen LogP contribution in [-0.4, -0.2) is 120 Å². The predicted molar refractivity (Wildman–Crippen MR) is 332 cm³/mol. The fourth-order valence-corrected chi connectivity index (χ4v) is 10.8. The molecule has 0 aliphatic carbocycles. The number of piperidine rings is 2. The van der Waals surface area contributed by atoms with Gasteiger partial charge in [0.15, 0.2) is 12.5 Å². The Labute approximate surface area is 518 Å². The molecule has 0 aromatic heterocycles. The molecule has 16 heteroatoms. The van der Waals surface area contributed by atoms with Gasteiger partial charge in [-0.25, -0.2) is 9.59 Å². The SMILES string of the molecule is COc1ccc(COC[C@@H]2[C@@H](OCc3ccccc3)[C@H](OCc3ccccc3)[C@@H](OCc3ccccc3)[C@@H](OC[C@@H]3[C@@H](OCc4ccccc4)[C@H](OCc4ccccc4)[C@@H](OCc4ccccc4)C(O)N3C(=O)OC(C)(C)C)N2C(=O)OC(C)(C)C)cc1. The standard InChI is InChI=1S/C72H84N2O14/c1-71(2,3)87-69(76)73-60(62(81-44-52-28-16-9-17-29-52)63(82-45-53-30-18-10-19-31-53)65(67(73)75)84-47-55-34-22-12-23-35-55)50-86-68-66(85-48-56-36-24-13-25-37-56)64(83-46-54-32-20-11-21-33-54)61(80-43-51-26-14-8-15-27-51)59(74(68)70(77)88-72(4,5)6)49-79-42-57-38-40-58(78-7)41-39-57/h8-41,59-68,75H,42-50H2,1-7H3/t59-,60-,61-,62-,63+,64+,65-,66-,67?,68-/m1/s1. The largest absolute Gasteiger partial charge is 0.497 e. The molecule has 2 saturated heterocycles. The van der Waals surface area contributed by atoms with Gasteiger partial charge in [-0.2, -0.15) is 0 Å². The molecule has 1 unspecified atom stereocenters. The number of carbonyl (C=O) groups excluding carboxylic acids is 2. The van der Waals surface area contributed by atoms with Crippen molar-refractivity contribution in [2.75, 3.05) is 20.3 Å². The Morgan fingerprint density at radius 2 is 0.670 bits per heavy atom. The molecule has 9 rings (SSSR count). The number of methoxy groups -OCH3 is 1. The molecule has 2 heterocycles. The summed E-state index contributed by atoms with van der Waals surface area (Å²) in [6.45, 7) is 10.7. The molecule has 7 aromatic carbocycles. The average Bonchev–Trinajstić information content (AvgIpc) is 1.26. The van der Waals surface area contributed by atoms with E-state index < -0.39 is 91.2 Å². The first-order valence-corrected chi connectivity index (χ1v) is 30.1. The van der Waals surface area contributed by atoms with E-state index in [1.165, 1.54) is 9.80 Å². The van der Waals surface area contributed by atoms with E-state index in [-0.39, 0.29) is 52.9 Å². The maximum absolute atomic E-state index is 15.7. The van der Waals surface area contributed by atoms with Crippen LogP contribution in [0.1, 0.15) is 80.5 Å². The lowest BCUT2D eigenvalue weighted by molar-refractivity contribution is -0.285. The first kappa shape index (κ1) is 65.0. The predicted octanol–water partition coefficient (Wildman–Crippen LogP) is 12.6. The number of aliphatic hydroxyl groups excluding tert-OH is 1. The summed E-state index contributed by atoms with van der Waals surface area (Å²) < 4.78 is 74.6. The van der Waals surface area contributed by atoms with Crippen molar-refractivity contribution < 1.29 is 66.8 Å². The van der Waals surface area contributed by atoms with Gasteiger partial charge in [0.25, 0.3) is 0 Å². The smallest absolute Gasteiger partial charge is 0.412 e. The molecule has 0 saturated carbocycles. The van der Waals surface area contributed by atoms with E-state index >= 15 is 9.59 Å². The van der Waals surface area contributed by atoms with Crippen molar-refractivity contribution in [2.45, 2.75) is 160 Å². The van der Waals surface area contributed by atoms with Gasteiger partial charge in [-0.05, 0) is 92.6 Å². The van der Waals surface area contributed by atoms with Gasteiger partial charge in [0.1, 0.15) is 53.6 Å². The fraction of sp³-hybridized carbons (Fsp3) is 0.389. The van der Waals surface area contributed by atoms with E-state index in [1.807, 2.05) is 206 Å². The van der Waals surface area contributed by atoms with E-state index in [2.05, 4.69) is 0 Å². The second kappa shape index (κ2) is 31.6. The van der Waals surface area contributed by atoms with Crippen LogP contribution in [0, 0.1) is 0 Å². The van der Waals surface area contributed by atoms with Gasteiger partial charge in [0.05, 0.1) is 78.7 Å². The molecular weight excluding hydrogens is 1120 g/mol. The van der Waals surface area contributed by atoms with Gasteiger partial charge in [0, 0.05) is 0 Å². The van der Waals surface area contributed by atoms with E-state index in [4.69, 9.17) is 52.1 Å². The van der Waals surface area contributed by atoms with Crippen LogP contribution in [0.25, 0.3) is 0 Å². The molecule has 10 atom stereocenters. The number of amides is 2. The number of likely N-dealkylation sites (tertiary alicyclic amines) is 2. The number of hydrogen-bond donors (Lipinski definition) is 1. The van der Waals surface area contributed by atoms with Gasteiger partial charge in [-0.3, -0.25) is 9.80 Å². The molecule has 1 N–H and O–H groups in total. The lowest BCUT2D eigenvalue weighted by Gasteiger charge is -2.53. The van der Waals surface area contributed by atoms with Crippen LogP contribution in [0.15, 0.2) is 206 Å². The third kappa shape index (κ3) is 18.5. The Balaban J connectivity index is 1.20. The minimum Gasteiger partial charge on any atom is -0.497 e. The van der Waals surface area contributed by atoms with E-state index in [1.54, 1.807) is 48.7 Å². The molecule has 2 aliphatic heterocycles. The van der Waals surface area contributed by atoms with Crippen molar-refractivity contribution >= 4 is 12.2 Å². The van der Waals surface area contributed by atoms with Crippen LogP contribution in [-0.2, 0) is 93.6 Å². The highest BCUT2D eigenvalue weighted by atomic mass is 16.6. The highest BCUT2D eigenvalue weighted by Gasteiger charge is 2.58. The van der Waals surface area contributed by atoms with Crippen molar-refractivity contribution in [1.82, 2.24) is 9.80 Å². The van der Waals surface area contributed by atoms with E-state index in [0.29, 0.717) is 5.75 Å². The van der Waals surface area contributed by atoms with Crippen LogP contribution >= 0.6 is 0 Å². The Morgan fingerprint density at radius 3 is 1.03 bits per heavy atom. The molecule has 88 heavy (non-hydrogen) atoms. The highest BCUT2D eigenvalue weighted by Crippen LogP contribution is 2.38. The molecule has 0 radical (unpaired) electrons. The number of carbonyl (C=O) groups is 2. The average molecular weight is 1200 g/mol. The number of nitrogens with zero attached hydrogens (tertiary/aromatic N) is 2. The molecule has 2 fully saturated rings. The van der Waals surface area contributed by atoms with Gasteiger partial charge in [0.2, 0.25) is 0 Å². The molecule has 16 nitrogen and oxygen atoms in total. The van der Waals surface area contributed by atoms with Gasteiger partial charge in [-0.1, -0.05) is 194 Å². The Bertz CT molecular complexity index is 3150. The lowest BCUT2D eigenvalue weighted by atomic mass is 9.90. The fourth-order valence-electron chi connectivity index (χ4n) is 10.8. The number of hydrogen-bond acceptors (Lipinski definition) is 14. The maximum atomic E-state index is 15.7. The summed E-state index contributed by atoms with van der Waals surface area (Å²) in [6, 6.07) is 63.4. The second-order valence-corrected chi connectivity index (χ2v) is 24.0. The number of rotatable bonds is 26. The van der Waals surface area contributed by atoms with Gasteiger partial charge >= 0.3 is 12.2 Å². The van der Waals surface area contributed by atoms with Crippen LogP contribution in [0.2, 0.25) is 0 Å². The zero-order valence-electron chi connectivity index (χ0n) is 51.4. The first-order valence-electron chi connectivity index (χ1n) is 30.1. The molecule has 2 amide bonds. The summed E-state index contributed by atoms with van der Waals surface area (Å²) in [5.41, 5.74) is 3.88. The molecular formula is C72H84N2O14. The van der Waals surface area contributed by atoms with Crippen LogP contribution in [0.4, 0.5) is 9.59 Å². The highest BCUT2D eigenvalue weighted by molar-refractivity contribution is 5.70. The molecule has 2 aliphatic rings. The summed E-state index contributed by atoms with van der Waals surface area (Å²) >= 11 is 0. The topological polar surface area (TPSA) is 162 Å². The van der Waals surface area contributed by atoms with Crippen LogP contribution in [0.3, 0.4) is 0 Å². The minimum absolute atomic E-state index is 0.0492. The quantitative estimate of drug-likeness (QED) is 0.0545. The summed E-state index contributed by atoms with van der Waals surface area (Å²) in [7, 11) is 1.61. The number of benzene rings is 7. The Hall–Kier alpha value is -7.48. The normalized spacial score (nSPS) is 22.2. The molecule has 7 aromatic rings. The first-order chi connectivity index (χ1) is 42.6. The minimum atomic E-state index is -1.71. The Kier molecular flexibility index (Phi) is 23.3. The third-order valence-electron chi connectivity index (χ3n) is 15.0. The summed E-state index contributed by atoms with van der Waals surface area (Å²) in [5.74, 6) is 0.689. The molecule has 0 bridgehead atoms. The second-order valence-electron chi connectivity index (χ2n) is 24.0. The molecule has 0 spiro atoms. The maximum Gasteiger partial charge on any atom is 0.412 e. The Morgan fingerprint density at radius 1 is 0.364 bits per heavy atom. The monoisotopic (exact) mass is 1200 g/mol. The van der Waals surface area contributed by atoms with Crippen molar-refractivity contribution in [3.8, 4) is 5.75 Å². The summed E-state index contributed by atoms with van der Waals surface area (Å²) in [5, 5.41) is 13.1. The van der Waals surface area contributed by atoms with Crippen LogP contribution in [0.5, 0.6) is 5.75 Å². The zero-order chi connectivity index (χ0) is 61.9. The van der Waals surface area contributed by atoms with Crippen molar-refractivity contribution in [3.05, 3.63) is 245 Å².